The highest BCUT2D eigenvalue weighted by Crippen LogP contribution is 2.16. The van der Waals surface area contributed by atoms with Crippen molar-refractivity contribution in [1.29, 1.82) is 0 Å². The predicted octanol–water partition coefficient (Wildman–Crippen LogP) is 1.49. The molecule has 0 radical (unpaired) electrons. The zero-order valence-electron chi connectivity index (χ0n) is 9.33. The van der Waals surface area contributed by atoms with Gasteiger partial charge in [-0.25, -0.2) is 14.0 Å². The zero-order chi connectivity index (χ0) is 12.8. The number of carboxylic acids is 1. The van der Waals surface area contributed by atoms with Gasteiger partial charge in [0.15, 0.2) is 0 Å². The second-order valence-electron chi connectivity index (χ2n) is 3.85. The number of halogens is 1. The summed E-state index contributed by atoms with van der Waals surface area (Å²) in [5, 5.41) is 10.8. The van der Waals surface area contributed by atoms with Crippen LogP contribution in [-0.4, -0.2) is 35.5 Å². The number of carbonyl (C=O) groups is 2. The molecule has 0 fully saturated rings. The molecule has 5 nitrogen and oxygen atoms in total. The van der Waals surface area contributed by atoms with Crippen LogP contribution in [0.5, 0.6) is 0 Å². The van der Waals surface area contributed by atoms with Crippen LogP contribution in [0, 0.1) is 0 Å². The van der Waals surface area contributed by atoms with Crippen molar-refractivity contribution in [3.05, 3.63) is 12.7 Å². The Kier molecular flexibility index (Phi) is 5.49. The van der Waals surface area contributed by atoms with E-state index >= 15 is 0 Å². The minimum Gasteiger partial charge on any atom is -0.480 e. The topological polar surface area (TPSA) is 75.6 Å². The molecule has 1 atom stereocenters. The maximum absolute atomic E-state index is 13.2. The van der Waals surface area contributed by atoms with Gasteiger partial charge in [-0.2, -0.15) is 0 Å². The first-order valence-corrected chi connectivity index (χ1v) is 4.72. The lowest BCUT2D eigenvalue weighted by atomic mass is 10.0. The van der Waals surface area contributed by atoms with Crippen molar-refractivity contribution in [1.82, 2.24) is 5.32 Å². The summed E-state index contributed by atoms with van der Waals surface area (Å²) in [4.78, 5) is 21.8. The molecule has 0 aliphatic heterocycles. The quantitative estimate of drug-likeness (QED) is 0.681. The van der Waals surface area contributed by atoms with Crippen molar-refractivity contribution in [3.8, 4) is 0 Å². The van der Waals surface area contributed by atoms with Crippen LogP contribution in [-0.2, 0) is 9.53 Å². The summed E-state index contributed by atoms with van der Waals surface area (Å²) in [5.74, 6) is -1.30. The van der Waals surface area contributed by atoms with E-state index in [4.69, 9.17) is 5.11 Å². The minimum absolute atomic E-state index is 0.0306. The van der Waals surface area contributed by atoms with Crippen molar-refractivity contribution in [2.45, 2.75) is 32.0 Å². The molecule has 0 rings (SSSR count). The zero-order valence-corrected chi connectivity index (χ0v) is 9.33. The van der Waals surface area contributed by atoms with Crippen LogP contribution in [0.4, 0.5) is 9.18 Å². The molecule has 0 aromatic rings. The Bertz CT molecular complexity index is 272. The van der Waals surface area contributed by atoms with E-state index < -0.39 is 23.8 Å². The number of amides is 1. The molecule has 92 valence electrons. The first-order chi connectivity index (χ1) is 7.26. The second kappa shape index (κ2) is 6.09. The Balaban J connectivity index is 4.29. The predicted molar refractivity (Wildman–Crippen MR) is 55.9 cm³/mol. The molecule has 6 heteroatoms. The van der Waals surface area contributed by atoms with E-state index in [2.05, 4.69) is 16.6 Å². The molecule has 0 unspecified atom stereocenters. The van der Waals surface area contributed by atoms with Crippen LogP contribution in [0.2, 0.25) is 0 Å². The van der Waals surface area contributed by atoms with E-state index in [-0.39, 0.29) is 13.0 Å². The van der Waals surface area contributed by atoms with Gasteiger partial charge in [0.2, 0.25) is 0 Å². The van der Waals surface area contributed by atoms with Crippen LogP contribution in [0.3, 0.4) is 0 Å². The lowest BCUT2D eigenvalue weighted by Crippen LogP contribution is -2.44. The van der Waals surface area contributed by atoms with E-state index in [1.807, 2.05) is 0 Å². The Morgan fingerprint density at radius 1 is 1.62 bits per heavy atom. The lowest BCUT2D eigenvalue weighted by molar-refractivity contribution is -0.140. The van der Waals surface area contributed by atoms with E-state index in [0.717, 1.165) is 0 Å². The summed E-state index contributed by atoms with van der Waals surface area (Å²) in [6.07, 6.45) is 0.108. The summed E-state index contributed by atoms with van der Waals surface area (Å²) < 4.78 is 17.8. The fourth-order valence-corrected chi connectivity index (χ4v) is 1.00. The van der Waals surface area contributed by atoms with Gasteiger partial charge in [-0.15, -0.1) is 0 Å². The number of rotatable bonds is 6. The summed E-state index contributed by atoms with van der Waals surface area (Å²) in [7, 11) is 0. The molecule has 0 bridgehead atoms. The Labute approximate surface area is 93.3 Å². The fourth-order valence-electron chi connectivity index (χ4n) is 1.00. The van der Waals surface area contributed by atoms with E-state index in [0.29, 0.717) is 0 Å². The van der Waals surface area contributed by atoms with E-state index in [1.165, 1.54) is 19.9 Å². The Morgan fingerprint density at radius 3 is 2.56 bits per heavy atom. The molecule has 0 aromatic carbocycles. The smallest absolute Gasteiger partial charge is 0.408 e. The molecule has 16 heavy (non-hydrogen) atoms. The number of alkyl carbamates (subject to hydrolysis) is 1. The SMILES string of the molecule is C=CCOC(=O)N[C@@H](CC(C)(C)F)C(=O)O. The van der Waals surface area contributed by atoms with Crippen molar-refractivity contribution in [3.63, 3.8) is 0 Å². The normalized spacial score (nSPS) is 12.7. The minimum atomic E-state index is -1.69. The summed E-state index contributed by atoms with van der Waals surface area (Å²) in [6.45, 7) is 5.77. The molecule has 0 saturated heterocycles. The standard InChI is InChI=1S/C10H16FNO4/c1-4-5-16-9(15)12-7(8(13)14)6-10(2,3)11/h4,7H,1,5-6H2,2-3H3,(H,12,15)(H,13,14)/t7-/m0/s1. The maximum atomic E-state index is 13.2. The van der Waals surface area contributed by atoms with Crippen molar-refractivity contribution >= 4 is 12.1 Å². The second-order valence-corrected chi connectivity index (χ2v) is 3.85. The number of hydrogen-bond donors (Lipinski definition) is 2. The van der Waals surface area contributed by atoms with Crippen molar-refractivity contribution in [2.24, 2.45) is 0 Å². The third-order valence-electron chi connectivity index (χ3n) is 1.61. The summed E-state index contributed by atoms with van der Waals surface area (Å²) >= 11 is 0. The Hall–Kier alpha value is -1.59. The monoisotopic (exact) mass is 233 g/mol. The van der Waals surface area contributed by atoms with E-state index in [9.17, 15) is 14.0 Å². The van der Waals surface area contributed by atoms with Crippen LogP contribution in [0.1, 0.15) is 20.3 Å². The first-order valence-electron chi connectivity index (χ1n) is 4.72. The van der Waals surface area contributed by atoms with Crippen LogP contribution < -0.4 is 5.32 Å². The number of carboxylic acid groups (broad SMARTS) is 1. The molecule has 0 aromatic heterocycles. The van der Waals surface area contributed by atoms with Crippen LogP contribution in [0.15, 0.2) is 12.7 Å². The highest BCUT2D eigenvalue weighted by Gasteiger charge is 2.29. The third-order valence-corrected chi connectivity index (χ3v) is 1.61. The molecule has 2 N–H and O–H groups in total. The number of alkyl halides is 1. The number of hydrogen-bond acceptors (Lipinski definition) is 3. The van der Waals surface area contributed by atoms with Gasteiger partial charge in [0.25, 0.3) is 0 Å². The molecular weight excluding hydrogens is 217 g/mol. The Morgan fingerprint density at radius 2 is 2.19 bits per heavy atom. The van der Waals surface area contributed by atoms with Gasteiger partial charge in [-0.05, 0) is 13.8 Å². The average molecular weight is 233 g/mol. The molecule has 1 amide bonds. The van der Waals surface area contributed by atoms with Crippen LogP contribution in [0.25, 0.3) is 0 Å². The van der Waals surface area contributed by atoms with Gasteiger partial charge in [0.1, 0.15) is 18.3 Å². The molecule has 0 heterocycles. The molecule has 0 aliphatic rings. The molecule has 0 aliphatic carbocycles. The maximum Gasteiger partial charge on any atom is 0.408 e. The fraction of sp³-hybridized carbons (Fsp3) is 0.600. The molecule has 0 spiro atoms. The molecular formula is C10H16FNO4. The summed E-state index contributed by atoms with van der Waals surface area (Å²) in [6, 6.07) is -1.31. The lowest BCUT2D eigenvalue weighted by Gasteiger charge is -2.20. The van der Waals surface area contributed by atoms with Gasteiger partial charge < -0.3 is 15.2 Å². The largest absolute Gasteiger partial charge is 0.480 e. The highest BCUT2D eigenvalue weighted by molar-refractivity contribution is 5.79. The number of nitrogens with one attached hydrogen (secondary N) is 1. The molecule has 0 saturated carbocycles. The van der Waals surface area contributed by atoms with Gasteiger partial charge in [0.05, 0.1) is 0 Å². The number of aliphatic carboxylic acids is 1. The highest BCUT2D eigenvalue weighted by atomic mass is 19.1. The van der Waals surface area contributed by atoms with Crippen LogP contribution >= 0.6 is 0 Å². The van der Waals surface area contributed by atoms with Gasteiger partial charge in [-0.1, -0.05) is 12.7 Å². The van der Waals surface area contributed by atoms with Gasteiger partial charge in [0, 0.05) is 6.42 Å². The van der Waals surface area contributed by atoms with Gasteiger partial charge >= 0.3 is 12.1 Å². The number of carbonyl (C=O) groups excluding carboxylic acids is 1. The van der Waals surface area contributed by atoms with Gasteiger partial charge in [-0.3, -0.25) is 0 Å². The third kappa shape index (κ3) is 6.80. The van der Waals surface area contributed by atoms with Crippen molar-refractivity contribution < 1.29 is 23.8 Å². The van der Waals surface area contributed by atoms with E-state index in [1.54, 1.807) is 0 Å². The van der Waals surface area contributed by atoms with Crippen molar-refractivity contribution in [2.75, 3.05) is 6.61 Å². The average Bonchev–Trinajstić information content (AvgIpc) is 2.11. The summed E-state index contributed by atoms with van der Waals surface area (Å²) in [5.41, 5.74) is -1.69. The number of ether oxygens (including phenoxy) is 1. The first kappa shape index (κ1) is 14.4.